The molecule has 4 nitrogen and oxygen atoms in total. The fourth-order valence-corrected chi connectivity index (χ4v) is 5.31. The van der Waals surface area contributed by atoms with Crippen LogP contribution in [0.4, 0.5) is 22.0 Å². The van der Waals surface area contributed by atoms with E-state index in [-0.39, 0.29) is 23.7 Å². The van der Waals surface area contributed by atoms with Gasteiger partial charge in [-0.3, -0.25) is 9.55 Å². The Kier molecular flexibility index (Phi) is 7.14. The summed E-state index contributed by atoms with van der Waals surface area (Å²) in [5.41, 5.74) is 2.23. The van der Waals surface area contributed by atoms with Crippen LogP contribution in [-0.2, 0) is 0 Å². The predicted octanol–water partition coefficient (Wildman–Crippen LogP) is 8.19. The summed E-state index contributed by atoms with van der Waals surface area (Å²) in [7, 11) is 0. The van der Waals surface area contributed by atoms with Gasteiger partial charge in [-0.1, -0.05) is 6.92 Å². The second kappa shape index (κ2) is 10.4. The molecule has 3 heterocycles. The number of nitriles is 1. The second-order valence-electron chi connectivity index (χ2n) is 9.48. The average Bonchev–Trinajstić information content (AvgIpc) is 3.68. The molecule has 1 atom stereocenters. The lowest BCUT2D eigenvalue weighted by molar-refractivity contribution is -0.171. The molecule has 1 fully saturated rings. The van der Waals surface area contributed by atoms with Gasteiger partial charge in [0.15, 0.2) is 0 Å². The summed E-state index contributed by atoms with van der Waals surface area (Å²) in [5, 5.41) is 10.5. The van der Waals surface area contributed by atoms with Gasteiger partial charge in [-0.2, -0.15) is 18.4 Å². The van der Waals surface area contributed by atoms with Crippen LogP contribution in [-0.4, -0.2) is 26.5 Å². The molecule has 10 heteroatoms. The highest BCUT2D eigenvalue weighted by Gasteiger charge is 2.35. The standard InChI is InChI=1S/C28H23F5N4S/c1-16(28(31,32)33)3-2-10-38-19-7-8-24(35-15-19)27-22(13-34)21-11-23(30)20(17-4-5-17)12-25(21)37(27)26-9-6-18(29)14-36-26/h6-9,11-12,14-17H,2-5,10H2,1H3/t16-/m1/s1. The predicted molar refractivity (Wildman–Crippen MR) is 136 cm³/mol. The van der Waals surface area contributed by atoms with Crippen molar-refractivity contribution in [1.29, 1.82) is 5.26 Å². The molecule has 196 valence electrons. The van der Waals surface area contributed by atoms with E-state index in [0.29, 0.717) is 45.8 Å². The number of aromatic nitrogens is 3. The van der Waals surface area contributed by atoms with Gasteiger partial charge in [-0.15, -0.1) is 11.8 Å². The topological polar surface area (TPSA) is 54.5 Å². The summed E-state index contributed by atoms with van der Waals surface area (Å²) in [6.45, 7) is 1.18. The monoisotopic (exact) mass is 542 g/mol. The Morgan fingerprint density at radius 1 is 1.11 bits per heavy atom. The van der Waals surface area contributed by atoms with Gasteiger partial charge in [0.25, 0.3) is 0 Å². The zero-order valence-electron chi connectivity index (χ0n) is 20.4. The maximum Gasteiger partial charge on any atom is 0.391 e. The summed E-state index contributed by atoms with van der Waals surface area (Å²) < 4.78 is 68.5. The van der Waals surface area contributed by atoms with Crippen molar-refractivity contribution in [3.05, 3.63) is 71.6 Å². The molecule has 1 aliphatic carbocycles. The maximum atomic E-state index is 15.0. The minimum atomic E-state index is -4.19. The Morgan fingerprint density at radius 2 is 1.89 bits per heavy atom. The van der Waals surface area contributed by atoms with E-state index in [2.05, 4.69) is 16.0 Å². The van der Waals surface area contributed by atoms with Crippen LogP contribution in [0.2, 0.25) is 0 Å². The van der Waals surface area contributed by atoms with Crippen molar-refractivity contribution in [2.45, 2.75) is 49.6 Å². The van der Waals surface area contributed by atoms with Crippen molar-refractivity contribution in [3.63, 3.8) is 0 Å². The van der Waals surface area contributed by atoms with Crippen LogP contribution in [0.15, 0.2) is 53.7 Å². The molecule has 0 N–H and O–H groups in total. The number of halogens is 5. The van der Waals surface area contributed by atoms with Crippen LogP contribution in [0.1, 0.15) is 49.7 Å². The molecule has 3 aromatic heterocycles. The number of hydrogen-bond donors (Lipinski definition) is 0. The van der Waals surface area contributed by atoms with Crippen LogP contribution >= 0.6 is 11.8 Å². The first-order valence-electron chi connectivity index (χ1n) is 12.2. The zero-order valence-corrected chi connectivity index (χ0v) is 21.2. The minimum absolute atomic E-state index is 0.0533. The minimum Gasteiger partial charge on any atom is -0.291 e. The van der Waals surface area contributed by atoms with Crippen molar-refractivity contribution in [1.82, 2.24) is 14.5 Å². The van der Waals surface area contributed by atoms with E-state index in [1.807, 2.05) is 0 Å². The maximum absolute atomic E-state index is 15.0. The van der Waals surface area contributed by atoms with Crippen LogP contribution in [0.25, 0.3) is 28.1 Å². The molecule has 0 aliphatic heterocycles. The Labute approximate surface area is 220 Å². The molecule has 5 rings (SSSR count). The van der Waals surface area contributed by atoms with Gasteiger partial charge in [0.2, 0.25) is 0 Å². The van der Waals surface area contributed by atoms with E-state index >= 15 is 0 Å². The smallest absolute Gasteiger partial charge is 0.291 e. The van der Waals surface area contributed by atoms with Crippen LogP contribution in [0.5, 0.6) is 0 Å². The summed E-state index contributed by atoms with van der Waals surface area (Å²) in [6.07, 6.45) is 0.742. The van der Waals surface area contributed by atoms with Crippen molar-refractivity contribution < 1.29 is 22.0 Å². The van der Waals surface area contributed by atoms with E-state index in [1.54, 1.807) is 29.0 Å². The van der Waals surface area contributed by atoms with Gasteiger partial charge in [-0.05, 0) is 79.3 Å². The van der Waals surface area contributed by atoms with Crippen molar-refractivity contribution in [3.8, 4) is 23.3 Å². The second-order valence-corrected chi connectivity index (χ2v) is 10.7. The summed E-state index contributed by atoms with van der Waals surface area (Å²) in [6, 6.07) is 11.6. The third kappa shape index (κ3) is 5.25. The van der Waals surface area contributed by atoms with Gasteiger partial charge in [0.05, 0.1) is 34.6 Å². The van der Waals surface area contributed by atoms with Gasteiger partial charge in [-0.25, -0.2) is 13.8 Å². The number of hydrogen-bond acceptors (Lipinski definition) is 4. The lowest BCUT2D eigenvalue weighted by Gasteiger charge is -2.14. The first-order valence-corrected chi connectivity index (χ1v) is 13.2. The molecule has 1 saturated carbocycles. The normalized spacial score (nSPS) is 14.6. The van der Waals surface area contributed by atoms with E-state index in [4.69, 9.17) is 0 Å². The molecule has 0 radical (unpaired) electrons. The van der Waals surface area contributed by atoms with Gasteiger partial charge in [0, 0.05) is 16.5 Å². The lowest BCUT2D eigenvalue weighted by atomic mass is 10.0. The number of alkyl halides is 3. The SMILES string of the molecule is C[C@H](CCCSc1ccc(-c2c(C#N)c3cc(F)c(C4CC4)cc3n2-c2ccc(F)cn2)nc1)C(F)(F)F. The largest absolute Gasteiger partial charge is 0.391 e. The molecule has 38 heavy (non-hydrogen) atoms. The van der Waals surface area contributed by atoms with Crippen molar-refractivity contribution in [2.75, 3.05) is 5.75 Å². The number of fused-ring (bicyclic) bond motifs is 1. The highest BCUT2D eigenvalue weighted by Crippen LogP contribution is 2.44. The van der Waals surface area contributed by atoms with Crippen molar-refractivity contribution >= 4 is 22.7 Å². The molecule has 0 unspecified atom stereocenters. The number of benzene rings is 1. The van der Waals surface area contributed by atoms with E-state index < -0.39 is 17.9 Å². The highest BCUT2D eigenvalue weighted by atomic mass is 32.2. The Balaban J connectivity index is 1.51. The third-order valence-electron chi connectivity index (χ3n) is 6.74. The zero-order chi connectivity index (χ0) is 27.0. The molecular formula is C28H23F5N4S. The molecule has 0 amide bonds. The average molecular weight is 543 g/mol. The fraction of sp³-hybridized carbons (Fsp3) is 0.321. The highest BCUT2D eigenvalue weighted by molar-refractivity contribution is 7.99. The molecule has 0 saturated heterocycles. The van der Waals surface area contributed by atoms with Crippen LogP contribution in [0, 0.1) is 28.9 Å². The Hall–Kier alpha value is -3.45. The first kappa shape index (κ1) is 26.2. The summed E-state index contributed by atoms with van der Waals surface area (Å²) in [5.74, 6) is -1.23. The van der Waals surface area contributed by atoms with Crippen LogP contribution < -0.4 is 0 Å². The summed E-state index contributed by atoms with van der Waals surface area (Å²) >= 11 is 1.40. The third-order valence-corrected chi connectivity index (χ3v) is 7.81. The Morgan fingerprint density at radius 3 is 2.50 bits per heavy atom. The van der Waals surface area contributed by atoms with Crippen LogP contribution in [0.3, 0.4) is 0 Å². The quantitative estimate of drug-likeness (QED) is 0.128. The van der Waals surface area contributed by atoms with Gasteiger partial charge in [0.1, 0.15) is 23.5 Å². The van der Waals surface area contributed by atoms with E-state index in [1.165, 1.54) is 36.9 Å². The van der Waals surface area contributed by atoms with E-state index in [9.17, 15) is 27.2 Å². The fourth-order valence-electron chi connectivity index (χ4n) is 4.47. The lowest BCUT2D eigenvalue weighted by Crippen LogP contribution is -2.19. The Bertz CT molecular complexity index is 1500. The number of thioether (sulfide) groups is 1. The molecule has 1 aliphatic rings. The summed E-state index contributed by atoms with van der Waals surface area (Å²) in [4.78, 5) is 9.52. The molecule has 0 spiro atoms. The number of rotatable bonds is 8. The molecule has 0 bridgehead atoms. The number of pyridine rings is 2. The van der Waals surface area contributed by atoms with Gasteiger partial charge >= 0.3 is 6.18 Å². The van der Waals surface area contributed by atoms with Crippen molar-refractivity contribution in [2.24, 2.45) is 5.92 Å². The van der Waals surface area contributed by atoms with E-state index in [0.717, 1.165) is 23.9 Å². The molecule has 1 aromatic carbocycles. The molecular weight excluding hydrogens is 519 g/mol. The first-order chi connectivity index (χ1) is 18.2. The number of nitrogens with zero attached hydrogens (tertiary/aromatic N) is 4. The van der Waals surface area contributed by atoms with Gasteiger partial charge < -0.3 is 0 Å². The molecule has 4 aromatic rings.